The van der Waals surface area contributed by atoms with Gasteiger partial charge in [0.15, 0.2) is 0 Å². The highest BCUT2D eigenvalue weighted by molar-refractivity contribution is 5.82. The molecule has 0 unspecified atom stereocenters. The average Bonchev–Trinajstić information content (AvgIpc) is 2.18. The second kappa shape index (κ2) is 2.80. The minimum absolute atomic E-state index is 0.0823. The van der Waals surface area contributed by atoms with Gasteiger partial charge in [0.25, 0.3) is 5.56 Å². The summed E-state index contributed by atoms with van der Waals surface area (Å²) < 4.78 is 0. The van der Waals surface area contributed by atoms with Crippen LogP contribution >= 0.6 is 0 Å². The lowest BCUT2D eigenvalue weighted by Gasteiger charge is -1.96. The number of aromatic amines is 1. The second-order valence-corrected chi connectivity index (χ2v) is 2.75. The SMILES string of the molecule is C#Cc1ccc2c(=O)[nH]ccc2c1. The summed E-state index contributed by atoms with van der Waals surface area (Å²) in [6.07, 6.45) is 6.86. The zero-order valence-corrected chi connectivity index (χ0v) is 6.87. The number of fused-ring (bicyclic) bond motifs is 1. The molecule has 62 valence electrons. The molecule has 0 atom stereocenters. The molecular formula is C11H7NO. The van der Waals surface area contributed by atoms with E-state index < -0.39 is 0 Å². The van der Waals surface area contributed by atoms with Crippen LogP contribution in [0.4, 0.5) is 0 Å². The van der Waals surface area contributed by atoms with E-state index in [1.54, 1.807) is 18.3 Å². The standard InChI is InChI=1S/C11H7NO/c1-2-8-3-4-10-9(7-8)5-6-12-11(10)13/h1,3-7H,(H,12,13). The fourth-order valence-electron chi connectivity index (χ4n) is 1.28. The summed E-state index contributed by atoms with van der Waals surface area (Å²) in [7, 11) is 0. The Hall–Kier alpha value is -2.01. The van der Waals surface area contributed by atoms with Crippen LogP contribution in [0, 0.1) is 12.3 Å². The Kier molecular flexibility index (Phi) is 1.64. The van der Waals surface area contributed by atoms with E-state index >= 15 is 0 Å². The Morgan fingerprint density at radius 3 is 2.92 bits per heavy atom. The highest BCUT2D eigenvalue weighted by Crippen LogP contribution is 2.10. The predicted molar refractivity (Wildman–Crippen MR) is 52.5 cm³/mol. The molecule has 0 aliphatic rings. The third kappa shape index (κ3) is 1.21. The van der Waals surface area contributed by atoms with E-state index in [-0.39, 0.29) is 5.56 Å². The minimum Gasteiger partial charge on any atom is -0.329 e. The first-order chi connectivity index (χ1) is 6.31. The van der Waals surface area contributed by atoms with E-state index in [9.17, 15) is 4.79 Å². The summed E-state index contributed by atoms with van der Waals surface area (Å²) in [5, 5.41) is 1.54. The third-order valence-electron chi connectivity index (χ3n) is 1.94. The maximum absolute atomic E-state index is 11.3. The van der Waals surface area contributed by atoms with Gasteiger partial charge in [0, 0.05) is 17.1 Å². The van der Waals surface area contributed by atoms with Crippen molar-refractivity contribution >= 4 is 10.8 Å². The van der Waals surface area contributed by atoms with Crippen molar-refractivity contribution in [2.45, 2.75) is 0 Å². The summed E-state index contributed by atoms with van der Waals surface area (Å²) in [4.78, 5) is 13.9. The Labute approximate surface area is 75.2 Å². The lowest BCUT2D eigenvalue weighted by molar-refractivity contribution is 1.28. The molecule has 2 heteroatoms. The van der Waals surface area contributed by atoms with Crippen molar-refractivity contribution in [3.05, 3.63) is 46.4 Å². The van der Waals surface area contributed by atoms with Crippen LogP contribution in [0.2, 0.25) is 0 Å². The topological polar surface area (TPSA) is 32.9 Å². The van der Waals surface area contributed by atoms with Crippen LogP contribution in [0.5, 0.6) is 0 Å². The first-order valence-corrected chi connectivity index (χ1v) is 3.89. The van der Waals surface area contributed by atoms with E-state index in [4.69, 9.17) is 6.42 Å². The Morgan fingerprint density at radius 2 is 2.15 bits per heavy atom. The Balaban J connectivity index is 2.90. The molecule has 0 spiro atoms. The summed E-state index contributed by atoms with van der Waals surface area (Å²) in [5.74, 6) is 2.53. The lowest BCUT2D eigenvalue weighted by Crippen LogP contribution is -2.03. The second-order valence-electron chi connectivity index (χ2n) is 2.75. The molecule has 13 heavy (non-hydrogen) atoms. The first kappa shape index (κ1) is 7.63. The van der Waals surface area contributed by atoms with Gasteiger partial charge in [-0.1, -0.05) is 5.92 Å². The smallest absolute Gasteiger partial charge is 0.255 e. The summed E-state index contributed by atoms with van der Waals surface area (Å²) in [5.41, 5.74) is 0.708. The van der Waals surface area contributed by atoms with Crippen LogP contribution in [0.15, 0.2) is 35.3 Å². The molecule has 2 nitrogen and oxygen atoms in total. The number of H-pyrrole nitrogens is 1. The fraction of sp³-hybridized carbons (Fsp3) is 0. The van der Waals surface area contributed by atoms with Gasteiger partial charge in [0.05, 0.1) is 0 Å². The van der Waals surface area contributed by atoms with Crippen molar-refractivity contribution in [3.8, 4) is 12.3 Å². The largest absolute Gasteiger partial charge is 0.329 e. The number of benzene rings is 1. The van der Waals surface area contributed by atoms with Crippen molar-refractivity contribution in [2.75, 3.05) is 0 Å². The molecule has 0 radical (unpaired) electrons. The third-order valence-corrected chi connectivity index (χ3v) is 1.94. The molecule has 0 amide bonds. The van der Waals surface area contributed by atoms with Gasteiger partial charge in [0.1, 0.15) is 0 Å². The van der Waals surface area contributed by atoms with Crippen molar-refractivity contribution in [3.63, 3.8) is 0 Å². The van der Waals surface area contributed by atoms with Crippen molar-refractivity contribution in [1.82, 2.24) is 4.98 Å². The molecule has 2 rings (SSSR count). The molecule has 0 saturated carbocycles. The van der Waals surface area contributed by atoms with Crippen LogP contribution in [-0.2, 0) is 0 Å². The van der Waals surface area contributed by atoms with Gasteiger partial charge in [0.2, 0.25) is 0 Å². The zero-order valence-electron chi connectivity index (χ0n) is 6.87. The van der Waals surface area contributed by atoms with Gasteiger partial charge in [-0.15, -0.1) is 6.42 Å². The molecule has 0 aliphatic carbocycles. The molecule has 0 saturated heterocycles. The van der Waals surface area contributed by atoms with Gasteiger partial charge in [-0.25, -0.2) is 0 Å². The molecule has 1 heterocycles. The summed E-state index contributed by atoms with van der Waals surface area (Å²) >= 11 is 0. The van der Waals surface area contributed by atoms with Crippen LogP contribution in [0.25, 0.3) is 10.8 Å². The van der Waals surface area contributed by atoms with E-state index in [0.717, 1.165) is 10.9 Å². The van der Waals surface area contributed by atoms with E-state index in [1.165, 1.54) is 0 Å². The van der Waals surface area contributed by atoms with Gasteiger partial charge in [-0.2, -0.15) is 0 Å². The van der Waals surface area contributed by atoms with Gasteiger partial charge in [-0.05, 0) is 29.7 Å². The molecule has 1 N–H and O–H groups in total. The Morgan fingerprint density at radius 1 is 1.31 bits per heavy atom. The van der Waals surface area contributed by atoms with Crippen molar-refractivity contribution < 1.29 is 0 Å². The van der Waals surface area contributed by atoms with Gasteiger partial charge in [-0.3, -0.25) is 4.79 Å². The van der Waals surface area contributed by atoms with E-state index in [2.05, 4.69) is 10.9 Å². The lowest BCUT2D eigenvalue weighted by atomic mass is 10.1. The quantitative estimate of drug-likeness (QED) is 0.596. The zero-order chi connectivity index (χ0) is 9.26. The number of aromatic nitrogens is 1. The van der Waals surface area contributed by atoms with Crippen molar-refractivity contribution in [2.24, 2.45) is 0 Å². The average molecular weight is 169 g/mol. The highest BCUT2D eigenvalue weighted by atomic mass is 16.1. The maximum atomic E-state index is 11.3. The molecule has 1 aromatic carbocycles. The summed E-state index contributed by atoms with van der Waals surface area (Å²) in [6.45, 7) is 0. The van der Waals surface area contributed by atoms with Crippen LogP contribution < -0.4 is 5.56 Å². The van der Waals surface area contributed by atoms with Crippen molar-refractivity contribution in [1.29, 1.82) is 0 Å². The molecular weight excluding hydrogens is 162 g/mol. The minimum atomic E-state index is -0.0823. The Bertz CT molecular complexity index is 546. The number of terminal acetylenes is 1. The summed E-state index contributed by atoms with van der Waals surface area (Å²) in [6, 6.07) is 7.16. The van der Waals surface area contributed by atoms with E-state index in [1.807, 2.05) is 12.1 Å². The number of nitrogens with one attached hydrogen (secondary N) is 1. The molecule has 2 aromatic rings. The maximum Gasteiger partial charge on any atom is 0.255 e. The number of rotatable bonds is 0. The van der Waals surface area contributed by atoms with Crippen LogP contribution in [0.1, 0.15) is 5.56 Å². The monoisotopic (exact) mass is 169 g/mol. The van der Waals surface area contributed by atoms with Crippen LogP contribution in [-0.4, -0.2) is 4.98 Å². The number of pyridine rings is 1. The van der Waals surface area contributed by atoms with Crippen LogP contribution in [0.3, 0.4) is 0 Å². The fourth-order valence-corrected chi connectivity index (χ4v) is 1.28. The number of hydrogen-bond acceptors (Lipinski definition) is 1. The normalized spacial score (nSPS) is 9.77. The molecule has 0 aliphatic heterocycles. The number of hydrogen-bond donors (Lipinski definition) is 1. The van der Waals surface area contributed by atoms with Gasteiger partial charge < -0.3 is 4.98 Å². The molecule has 1 aromatic heterocycles. The highest BCUT2D eigenvalue weighted by Gasteiger charge is 1.96. The molecule has 0 fully saturated rings. The van der Waals surface area contributed by atoms with Gasteiger partial charge >= 0.3 is 0 Å². The predicted octanol–water partition coefficient (Wildman–Crippen LogP) is 1.51. The first-order valence-electron chi connectivity index (χ1n) is 3.89. The van der Waals surface area contributed by atoms with E-state index in [0.29, 0.717) is 5.39 Å². The molecule has 0 bridgehead atoms.